The SMILES string of the molecule is Cc1ccc(F)cc1NC(=O)c1ccc(Br)cc1N. The van der Waals surface area contributed by atoms with Crippen LogP contribution in [0.1, 0.15) is 15.9 Å². The number of benzene rings is 2. The van der Waals surface area contributed by atoms with Crippen LogP contribution in [0, 0.1) is 12.7 Å². The lowest BCUT2D eigenvalue weighted by atomic mass is 10.1. The summed E-state index contributed by atoms with van der Waals surface area (Å²) < 4.78 is 13.9. The van der Waals surface area contributed by atoms with Gasteiger partial charge in [-0.1, -0.05) is 22.0 Å². The van der Waals surface area contributed by atoms with Crippen molar-refractivity contribution < 1.29 is 9.18 Å². The summed E-state index contributed by atoms with van der Waals surface area (Å²) in [6.45, 7) is 1.79. The second-order valence-corrected chi connectivity index (χ2v) is 5.06. The molecule has 5 heteroatoms. The monoisotopic (exact) mass is 322 g/mol. The van der Waals surface area contributed by atoms with Crippen molar-refractivity contribution in [2.75, 3.05) is 11.1 Å². The third-order valence-electron chi connectivity index (χ3n) is 2.71. The molecule has 0 atom stereocenters. The average molecular weight is 323 g/mol. The Kier molecular flexibility index (Phi) is 3.85. The Morgan fingerprint density at radius 1 is 1.26 bits per heavy atom. The van der Waals surface area contributed by atoms with E-state index in [1.165, 1.54) is 12.1 Å². The van der Waals surface area contributed by atoms with E-state index >= 15 is 0 Å². The van der Waals surface area contributed by atoms with Crippen molar-refractivity contribution in [1.82, 2.24) is 0 Å². The fourth-order valence-electron chi connectivity index (χ4n) is 1.66. The van der Waals surface area contributed by atoms with E-state index in [-0.39, 0.29) is 5.91 Å². The molecule has 98 valence electrons. The molecular formula is C14H12BrFN2O. The molecule has 0 bridgehead atoms. The lowest BCUT2D eigenvalue weighted by Gasteiger charge is -2.10. The molecular weight excluding hydrogens is 311 g/mol. The lowest BCUT2D eigenvalue weighted by molar-refractivity contribution is 0.102. The second-order valence-electron chi connectivity index (χ2n) is 4.14. The molecule has 0 spiro atoms. The first-order valence-electron chi connectivity index (χ1n) is 5.60. The molecule has 0 aromatic heterocycles. The van der Waals surface area contributed by atoms with E-state index in [0.717, 1.165) is 10.0 Å². The van der Waals surface area contributed by atoms with Gasteiger partial charge in [0.1, 0.15) is 5.82 Å². The first-order valence-corrected chi connectivity index (χ1v) is 6.39. The molecule has 0 aliphatic carbocycles. The minimum absolute atomic E-state index is 0.354. The van der Waals surface area contributed by atoms with Crippen molar-refractivity contribution in [1.29, 1.82) is 0 Å². The highest BCUT2D eigenvalue weighted by molar-refractivity contribution is 9.10. The van der Waals surface area contributed by atoms with Gasteiger partial charge in [0, 0.05) is 15.8 Å². The van der Waals surface area contributed by atoms with Crippen LogP contribution in [0.4, 0.5) is 15.8 Å². The number of hydrogen-bond acceptors (Lipinski definition) is 2. The van der Waals surface area contributed by atoms with Gasteiger partial charge in [-0.2, -0.15) is 0 Å². The largest absolute Gasteiger partial charge is 0.398 e. The topological polar surface area (TPSA) is 55.1 Å². The zero-order chi connectivity index (χ0) is 14.0. The number of carbonyl (C=O) groups excluding carboxylic acids is 1. The number of nitrogens with one attached hydrogen (secondary N) is 1. The van der Waals surface area contributed by atoms with E-state index < -0.39 is 5.82 Å². The molecule has 0 unspecified atom stereocenters. The molecule has 0 fully saturated rings. The maximum Gasteiger partial charge on any atom is 0.257 e. The van der Waals surface area contributed by atoms with Gasteiger partial charge in [-0.3, -0.25) is 4.79 Å². The number of amides is 1. The summed E-state index contributed by atoms with van der Waals surface area (Å²) in [5, 5.41) is 2.65. The van der Waals surface area contributed by atoms with Gasteiger partial charge < -0.3 is 11.1 Å². The van der Waals surface area contributed by atoms with Crippen LogP contribution in [0.15, 0.2) is 40.9 Å². The number of rotatable bonds is 2. The van der Waals surface area contributed by atoms with Gasteiger partial charge in [0.25, 0.3) is 5.91 Å². The molecule has 0 aliphatic heterocycles. The summed E-state index contributed by atoms with van der Waals surface area (Å²) >= 11 is 3.27. The van der Waals surface area contributed by atoms with Crippen molar-refractivity contribution in [2.45, 2.75) is 6.92 Å². The predicted octanol–water partition coefficient (Wildman–Crippen LogP) is 3.73. The van der Waals surface area contributed by atoms with Crippen molar-refractivity contribution in [3.63, 3.8) is 0 Å². The predicted molar refractivity (Wildman–Crippen MR) is 77.6 cm³/mol. The van der Waals surface area contributed by atoms with Crippen LogP contribution in [0.5, 0.6) is 0 Å². The average Bonchev–Trinajstić information content (AvgIpc) is 2.33. The minimum Gasteiger partial charge on any atom is -0.398 e. The number of halogens is 2. The molecule has 19 heavy (non-hydrogen) atoms. The van der Waals surface area contributed by atoms with Gasteiger partial charge in [0.15, 0.2) is 0 Å². The van der Waals surface area contributed by atoms with Gasteiger partial charge in [-0.05, 0) is 42.8 Å². The molecule has 0 aliphatic rings. The summed E-state index contributed by atoms with van der Waals surface area (Å²) in [5.41, 5.74) is 7.71. The van der Waals surface area contributed by atoms with Gasteiger partial charge in [0.05, 0.1) is 5.56 Å². The van der Waals surface area contributed by atoms with Crippen LogP contribution < -0.4 is 11.1 Å². The molecule has 2 rings (SSSR count). The third kappa shape index (κ3) is 3.12. The summed E-state index contributed by atoms with van der Waals surface area (Å²) in [7, 11) is 0. The normalized spacial score (nSPS) is 10.3. The number of nitrogens with two attached hydrogens (primary N) is 1. The Hall–Kier alpha value is -1.88. The summed E-state index contributed by atoms with van der Waals surface area (Å²) in [4.78, 5) is 12.1. The Balaban J connectivity index is 2.28. The van der Waals surface area contributed by atoms with Crippen molar-refractivity contribution in [2.24, 2.45) is 0 Å². The summed E-state index contributed by atoms with van der Waals surface area (Å²) in [6, 6.07) is 9.22. The van der Waals surface area contributed by atoms with E-state index in [4.69, 9.17) is 5.73 Å². The van der Waals surface area contributed by atoms with Gasteiger partial charge in [-0.25, -0.2) is 4.39 Å². The maximum atomic E-state index is 13.2. The standard InChI is InChI=1S/C14H12BrFN2O/c1-8-2-4-10(16)7-13(8)18-14(19)11-5-3-9(15)6-12(11)17/h2-7H,17H2,1H3,(H,18,19). The number of anilines is 2. The quantitative estimate of drug-likeness (QED) is 0.828. The number of aryl methyl sites for hydroxylation is 1. The molecule has 3 N–H and O–H groups in total. The maximum absolute atomic E-state index is 13.2. The lowest BCUT2D eigenvalue weighted by Crippen LogP contribution is -2.14. The van der Waals surface area contributed by atoms with Crippen molar-refractivity contribution >= 4 is 33.2 Å². The molecule has 3 nitrogen and oxygen atoms in total. The third-order valence-corrected chi connectivity index (χ3v) is 3.20. The molecule has 0 saturated heterocycles. The Bertz CT molecular complexity index is 643. The van der Waals surface area contributed by atoms with E-state index in [0.29, 0.717) is 16.9 Å². The smallest absolute Gasteiger partial charge is 0.257 e. The number of hydrogen-bond donors (Lipinski definition) is 2. The van der Waals surface area contributed by atoms with Gasteiger partial charge in [-0.15, -0.1) is 0 Å². The number of carbonyl (C=O) groups is 1. The highest BCUT2D eigenvalue weighted by Gasteiger charge is 2.11. The summed E-state index contributed by atoms with van der Waals surface area (Å²) in [6.07, 6.45) is 0. The molecule has 1 amide bonds. The van der Waals surface area contributed by atoms with Gasteiger partial charge >= 0.3 is 0 Å². The van der Waals surface area contributed by atoms with E-state index in [1.54, 1.807) is 31.2 Å². The minimum atomic E-state index is -0.398. The van der Waals surface area contributed by atoms with Crippen LogP contribution >= 0.6 is 15.9 Å². The van der Waals surface area contributed by atoms with Crippen LogP contribution in [0.2, 0.25) is 0 Å². The van der Waals surface area contributed by atoms with E-state index in [1.807, 2.05) is 0 Å². The Morgan fingerprint density at radius 2 is 2.00 bits per heavy atom. The van der Waals surface area contributed by atoms with E-state index in [2.05, 4.69) is 21.2 Å². The van der Waals surface area contributed by atoms with Crippen LogP contribution in [0.3, 0.4) is 0 Å². The molecule has 2 aromatic carbocycles. The highest BCUT2D eigenvalue weighted by atomic mass is 79.9. The fraction of sp³-hybridized carbons (Fsp3) is 0.0714. The number of nitrogen functional groups attached to an aromatic ring is 1. The van der Waals surface area contributed by atoms with Crippen LogP contribution in [-0.2, 0) is 0 Å². The fourth-order valence-corrected chi connectivity index (χ4v) is 2.04. The molecule has 0 heterocycles. The Labute approximate surface area is 118 Å². The second kappa shape index (κ2) is 5.40. The first kappa shape index (κ1) is 13.5. The Morgan fingerprint density at radius 3 is 2.68 bits per heavy atom. The molecule has 0 radical (unpaired) electrons. The zero-order valence-corrected chi connectivity index (χ0v) is 11.8. The van der Waals surface area contributed by atoms with Crippen molar-refractivity contribution in [3.05, 3.63) is 57.8 Å². The van der Waals surface area contributed by atoms with Gasteiger partial charge in [0.2, 0.25) is 0 Å². The van der Waals surface area contributed by atoms with Crippen LogP contribution in [0.25, 0.3) is 0 Å². The first-order chi connectivity index (χ1) is 8.97. The van der Waals surface area contributed by atoms with E-state index in [9.17, 15) is 9.18 Å². The van der Waals surface area contributed by atoms with Crippen molar-refractivity contribution in [3.8, 4) is 0 Å². The zero-order valence-electron chi connectivity index (χ0n) is 10.2. The highest BCUT2D eigenvalue weighted by Crippen LogP contribution is 2.21. The molecule has 0 saturated carbocycles. The summed E-state index contributed by atoms with van der Waals surface area (Å²) in [5.74, 6) is -0.761. The molecule has 2 aromatic rings. The van der Waals surface area contributed by atoms with Crippen LogP contribution in [-0.4, -0.2) is 5.91 Å².